The number of halogens is 1. The van der Waals surface area contributed by atoms with Crippen molar-refractivity contribution in [2.75, 3.05) is 4.90 Å². The Balaban J connectivity index is 2.35. The molecule has 0 aromatic heterocycles. The maximum absolute atomic E-state index is 12.7. The highest BCUT2D eigenvalue weighted by atomic mass is 32.2. The first-order chi connectivity index (χ1) is 8.49. The molecule has 1 aliphatic heterocycles. The lowest BCUT2D eigenvalue weighted by Gasteiger charge is -2.11. The molecule has 1 aliphatic rings. The Morgan fingerprint density at radius 1 is 1.28 bits per heavy atom. The number of rotatable bonds is 2. The van der Waals surface area contributed by atoms with Crippen molar-refractivity contribution in [3.05, 3.63) is 41.1 Å². The molecule has 1 heterocycles. The molecule has 7 heteroatoms. The summed E-state index contributed by atoms with van der Waals surface area (Å²) in [6.45, 7) is 0. The van der Waals surface area contributed by atoms with E-state index in [4.69, 9.17) is 5.11 Å². The van der Waals surface area contributed by atoms with Crippen LogP contribution < -0.4 is 4.90 Å². The standard InChI is InChI=1S/C11H6FNO4S/c12-6-1-3-7(4-2-6)13-10(16)8(5-9(14)15)18-11(13)17/h1-5H,(H,14,15)/b8-5-. The summed E-state index contributed by atoms with van der Waals surface area (Å²) < 4.78 is 12.7. The van der Waals surface area contributed by atoms with Crippen molar-refractivity contribution in [1.82, 2.24) is 0 Å². The summed E-state index contributed by atoms with van der Waals surface area (Å²) in [7, 11) is 0. The van der Waals surface area contributed by atoms with Crippen molar-refractivity contribution in [1.29, 1.82) is 0 Å². The molecule has 5 nitrogen and oxygen atoms in total. The normalized spacial score (nSPS) is 17.6. The van der Waals surface area contributed by atoms with Crippen LogP contribution in [0.2, 0.25) is 0 Å². The molecule has 2 rings (SSSR count). The van der Waals surface area contributed by atoms with Gasteiger partial charge in [0.1, 0.15) is 5.82 Å². The number of anilines is 1. The summed E-state index contributed by atoms with van der Waals surface area (Å²) in [5.74, 6) is -2.52. The average molecular weight is 267 g/mol. The summed E-state index contributed by atoms with van der Waals surface area (Å²) in [6.07, 6.45) is 0.675. The third-order valence-corrected chi connectivity index (χ3v) is 3.00. The molecule has 2 amide bonds. The van der Waals surface area contributed by atoms with E-state index in [1.807, 2.05) is 0 Å². The largest absolute Gasteiger partial charge is 0.478 e. The first-order valence-corrected chi connectivity index (χ1v) is 5.57. The van der Waals surface area contributed by atoms with E-state index in [9.17, 15) is 18.8 Å². The van der Waals surface area contributed by atoms with Crippen LogP contribution in [0.5, 0.6) is 0 Å². The Hall–Kier alpha value is -2.15. The third kappa shape index (κ3) is 2.25. The zero-order valence-electron chi connectivity index (χ0n) is 8.79. The van der Waals surface area contributed by atoms with E-state index >= 15 is 0 Å². The summed E-state index contributed by atoms with van der Waals surface area (Å²) in [6, 6.07) is 4.77. The number of aliphatic carboxylic acids is 1. The zero-order valence-corrected chi connectivity index (χ0v) is 9.61. The van der Waals surface area contributed by atoms with Crippen LogP contribution in [-0.2, 0) is 9.59 Å². The van der Waals surface area contributed by atoms with E-state index in [0.29, 0.717) is 17.8 Å². The van der Waals surface area contributed by atoms with Gasteiger partial charge in [-0.3, -0.25) is 9.59 Å². The number of imide groups is 1. The number of amides is 2. The number of nitrogens with zero attached hydrogens (tertiary/aromatic N) is 1. The van der Waals surface area contributed by atoms with Gasteiger partial charge in [0.15, 0.2) is 0 Å². The predicted molar refractivity (Wildman–Crippen MR) is 62.6 cm³/mol. The number of benzene rings is 1. The van der Waals surface area contributed by atoms with Crippen molar-refractivity contribution < 1.29 is 23.9 Å². The zero-order chi connectivity index (χ0) is 13.3. The van der Waals surface area contributed by atoms with Crippen LogP contribution in [0.3, 0.4) is 0 Å². The lowest BCUT2D eigenvalue weighted by Crippen LogP contribution is -2.27. The minimum atomic E-state index is -1.31. The molecule has 0 radical (unpaired) electrons. The fraction of sp³-hybridized carbons (Fsp3) is 0. The average Bonchev–Trinajstić information content (AvgIpc) is 2.55. The number of thioether (sulfide) groups is 1. The van der Waals surface area contributed by atoms with Gasteiger partial charge in [-0.25, -0.2) is 14.1 Å². The molecular formula is C11H6FNO4S. The van der Waals surface area contributed by atoms with Gasteiger partial charge in [-0.2, -0.15) is 0 Å². The number of hydrogen-bond acceptors (Lipinski definition) is 4. The molecule has 0 saturated carbocycles. The molecule has 0 aliphatic carbocycles. The monoisotopic (exact) mass is 267 g/mol. The van der Waals surface area contributed by atoms with Gasteiger partial charge in [-0.1, -0.05) is 0 Å². The molecule has 1 aromatic carbocycles. The van der Waals surface area contributed by atoms with Crippen molar-refractivity contribution >= 4 is 34.6 Å². The molecule has 1 N–H and O–H groups in total. The lowest BCUT2D eigenvalue weighted by molar-refractivity contribution is -0.131. The van der Waals surface area contributed by atoms with Crippen LogP contribution in [0.4, 0.5) is 14.9 Å². The lowest BCUT2D eigenvalue weighted by atomic mass is 10.3. The number of carboxylic acid groups (broad SMARTS) is 1. The highest BCUT2D eigenvalue weighted by Gasteiger charge is 2.36. The maximum Gasteiger partial charge on any atom is 0.329 e. The Kier molecular flexibility index (Phi) is 3.15. The second-order valence-electron chi connectivity index (χ2n) is 3.33. The molecule has 0 atom stereocenters. The van der Waals surface area contributed by atoms with E-state index < -0.39 is 22.9 Å². The van der Waals surface area contributed by atoms with Crippen LogP contribution in [-0.4, -0.2) is 22.2 Å². The molecule has 0 unspecified atom stereocenters. The number of carboxylic acids is 1. The maximum atomic E-state index is 12.7. The first-order valence-electron chi connectivity index (χ1n) is 4.75. The summed E-state index contributed by atoms with van der Waals surface area (Å²) in [5, 5.41) is 7.94. The molecule has 1 saturated heterocycles. The molecule has 1 fully saturated rings. The predicted octanol–water partition coefficient (Wildman–Crippen LogP) is 1.99. The van der Waals surface area contributed by atoms with Gasteiger partial charge < -0.3 is 5.11 Å². The number of carbonyl (C=O) groups is 3. The smallest absolute Gasteiger partial charge is 0.329 e. The van der Waals surface area contributed by atoms with Gasteiger partial charge in [0.25, 0.3) is 11.1 Å². The Bertz CT molecular complexity index is 567. The van der Waals surface area contributed by atoms with Crippen LogP contribution in [0.1, 0.15) is 0 Å². The van der Waals surface area contributed by atoms with Crippen molar-refractivity contribution in [3.8, 4) is 0 Å². The van der Waals surface area contributed by atoms with Gasteiger partial charge >= 0.3 is 5.97 Å². The molecular weight excluding hydrogens is 261 g/mol. The van der Waals surface area contributed by atoms with Gasteiger partial charge in [-0.15, -0.1) is 0 Å². The van der Waals surface area contributed by atoms with Crippen molar-refractivity contribution in [2.24, 2.45) is 0 Å². The molecule has 0 spiro atoms. The highest BCUT2D eigenvalue weighted by Crippen LogP contribution is 2.34. The van der Waals surface area contributed by atoms with E-state index in [0.717, 1.165) is 17.0 Å². The van der Waals surface area contributed by atoms with Gasteiger partial charge in [-0.05, 0) is 36.0 Å². The Labute approximate surface area is 105 Å². The highest BCUT2D eigenvalue weighted by molar-refractivity contribution is 8.18. The van der Waals surface area contributed by atoms with Crippen molar-refractivity contribution in [3.63, 3.8) is 0 Å². The SMILES string of the molecule is O=C(O)/C=C1\SC(=O)N(c2ccc(F)cc2)C1=O. The second-order valence-corrected chi connectivity index (χ2v) is 4.32. The van der Waals surface area contributed by atoms with E-state index in [-0.39, 0.29) is 10.6 Å². The van der Waals surface area contributed by atoms with E-state index in [1.54, 1.807) is 0 Å². The third-order valence-electron chi connectivity index (χ3n) is 2.13. The second kappa shape index (κ2) is 4.61. The molecule has 0 bridgehead atoms. The Morgan fingerprint density at radius 2 is 1.89 bits per heavy atom. The molecule has 1 aromatic rings. The van der Waals surface area contributed by atoms with Crippen LogP contribution >= 0.6 is 11.8 Å². The summed E-state index contributed by atoms with van der Waals surface area (Å²) >= 11 is 0.533. The van der Waals surface area contributed by atoms with E-state index in [1.165, 1.54) is 12.1 Å². The quantitative estimate of drug-likeness (QED) is 0.829. The number of hydrogen-bond donors (Lipinski definition) is 1. The van der Waals surface area contributed by atoms with Crippen LogP contribution in [0.25, 0.3) is 0 Å². The minimum absolute atomic E-state index is 0.170. The fourth-order valence-electron chi connectivity index (χ4n) is 1.39. The fourth-order valence-corrected chi connectivity index (χ4v) is 2.20. The van der Waals surface area contributed by atoms with Gasteiger partial charge in [0.05, 0.1) is 10.6 Å². The molecule has 92 valence electrons. The van der Waals surface area contributed by atoms with Crippen LogP contribution in [0, 0.1) is 5.82 Å². The van der Waals surface area contributed by atoms with Gasteiger partial charge in [0, 0.05) is 6.08 Å². The topological polar surface area (TPSA) is 74.7 Å². The Morgan fingerprint density at radius 3 is 2.44 bits per heavy atom. The first kappa shape index (κ1) is 12.3. The van der Waals surface area contributed by atoms with Crippen LogP contribution in [0.15, 0.2) is 35.2 Å². The van der Waals surface area contributed by atoms with E-state index in [2.05, 4.69) is 0 Å². The summed E-state index contributed by atoms with van der Waals surface area (Å²) in [5.41, 5.74) is 0.202. The number of carbonyl (C=O) groups excluding carboxylic acids is 2. The van der Waals surface area contributed by atoms with Crippen molar-refractivity contribution in [2.45, 2.75) is 0 Å². The summed E-state index contributed by atoms with van der Waals surface area (Å²) in [4.78, 5) is 34.5. The van der Waals surface area contributed by atoms with Gasteiger partial charge in [0.2, 0.25) is 0 Å². The minimum Gasteiger partial charge on any atom is -0.478 e. The molecule has 18 heavy (non-hydrogen) atoms.